The molecular formula is C17H21IN2O3. The number of amides is 2. The summed E-state index contributed by atoms with van der Waals surface area (Å²) in [5.41, 5.74) is 0.708. The summed E-state index contributed by atoms with van der Waals surface area (Å²) in [6.07, 6.45) is 5.49. The number of rotatable bonds is 5. The molecule has 0 heterocycles. The van der Waals surface area contributed by atoms with Gasteiger partial charge in [0.15, 0.2) is 0 Å². The van der Waals surface area contributed by atoms with Crippen LogP contribution in [0.1, 0.15) is 43.1 Å². The molecule has 0 bridgehead atoms. The summed E-state index contributed by atoms with van der Waals surface area (Å²) in [6.45, 7) is 6.29. The van der Waals surface area contributed by atoms with Crippen LogP contribution in [0.15, 0.2) is 18.2 Å². The van der Waals surface area contributed by atoms with Crippen LogP contribution in [0.4, 0.5) is 4.79 Å². The summed E-state index contributed by atoms with van der Waals surface area (Å²) in [5, 5.41) is 5.45. The fraction of sp³-hybridized carbons (Fsp3) is 0.412. The molecule has 1 aromatic carbocycles. The summed E-state index contributed by atoms with van der Waals surface area (Å²) in [5.74, 6) is 2.34. The van der Waals surface area contributed by atoms with Gasteiger partial charge in [0.2, 0.25) is 0 Å². The van der Waals surface area contributed by atoms with Crippen molar-refractivity contribution in [2.45, 2.75) is 32.8 Å². The Kier molecular flexibility index (Phi) is 7.36. The van der Waals surface area contributed by atoms with E-state index < -0.39 is 11.7 Å². The van der Waals surface area contributed by atoms with E-state index in [-0.39, 0.29) is 5.91 Å². The highest BCUT2D eigenvalue weighted by atomic mass is 127. The first-order valence-electron chi connectivity index (χ1n) is 7.24. The van der Waals surface area contributed by atoms with Gasteiger partial charge < -0.3 is 15.4 Å². The molecule has 0 atom stereocenters. The minimum absolute atomic E-state index is 0.177. The minimum atomic E-state index is -0.517. The lowest BCUT2D eigenvalue weighted by Crippen LogP contribution is -2.34. The monoisotopic (exact) mass is 428 g/mol. The second-order valence-electron chi connectivity index (χ2n) is 5.88. The van der Waals surface area contributed by atoms with Gasteiger partial charge in [-0.1, -0.05) is 5.92 Å². The van der Waals surface area contributed by atoms with Crippen molar-refractivity contribution in [2.24, 2.45) is 0 Å². The summed E-state index contributed by atoms with van der Waals surface area (Å²) in [6, 6.07) is 5.30. The molecule has 0 unspecified atom stereocenters. The number of carbonyl (C=O) groups excluding carboxylic acids is 2. The van der Waals surface area contributed by atoms with Gasteiger partial charge in [0.05, 0.1) is 5.56 Å². The maximum absolute atomic E-state index is 12.1. The molecule has 0 saturated carbocycles. The SMILES string of the molecule is C#Cc1ccc(I)c(C(=O)NCCCNC(=O)OC(C)(C)C)c1. The number of nitrogens with one attached hydrogen (secondary N) is 2. The van der Waals surface area contributed by atoms with Gasteiger partial charge >= 0.3 is 6.09 Å². The largest absolute Gasteiger partial charge is 0.444 e. The normalized spacial score (nSPS) is 10.6. The molecule has 2 amide bonds. The molecule has 0 fully saturated rings. The van der Waals surface area contributed by atoms with Crippen molar-refractivity contribution in [3.8, 4) is 12.3 Å². The average molecular weight is 428 g/mol. The lowest BCUT2D eigenvalue weighted by Gasteiger charge is -2.19. The maximum Gasteiger partial charge on any atom is 0.407 e. The molecule has 5 nitrogen and oxygen atoms in total. The third-order valence-corrected chi connectivity index (χ3v) is 3.63. The molecule has 1 rings (SSSR count). The summed E-state index contributed by atoms with van der Waals surface area (Å²) in [7, 11) is 0. The van der Waals surface area contributed by atoms with Crippen LogP contribution in [-0.4, -0.2) is 30.7 Å². The second kappa shape index (κ2) is 8.77. The fourth-order valence-electron chi connectivity index (χ4n) is 1.68. The lowest BCUT2D eigenvalue weighted by atomic mass is 10.1. The predicted octanol–water partition coefficient (Wildman–Crippen LogP) is 2.92. The Morgan fingerprint density at radius 3 is 2.52 bits per heavy atom. The van der Waals surface area contributed by atoms with Gasteiger partial charge in [0.25, 0.3) is 5.91 Å². The molecule has 0 radical (unpaired) electrons. The van der Waals surface area contributed by atoms with Crippen LogP contribution in [0.3, 0.4) is 0 Å². The smallest absolute Gasteiger partial charge is 0.407 e. The summed E-state index contributed by atoms with van der Waals surface area (Å²) >= 11 is 2.10. The molecule has 0 aliphatic heterocycles. The molecule has 2 N–H and O–H groups in total. The van der Waals surface area contributed by atoms with Crippen molar-refractivity contribution in [1.82, 2.24) is 10.6 Å². The number of carbonyl (C=O) groups is 2. The maximum atomic E-state index is 12.1. The van der Waals surface area contributed by atoms with E-state index in [9.17, 15) is 9.59 Å². The number of halogens is 1. The van der Waals surface area contributed by atoms with E-state index in [1.165, 1.54) is 0 Å². The Labute approximate surface area is 150 Å². The van der Waals surface area contributed by atoms with Crippen LogP contribution < -0.4 is 10.6 Å². The van der Waals surface area contributed by atoms with Crippen LogP contribution in [0, 0.1) is 15.9 Å². The van der Waals surface area contributed by atoms with E-state index >= 15 is 0 Å². The first kappa shape index (κ1) is 19.3. The summed E-state index contributed by atoms with van der Waals surface area (Å²) in [4.78, 5) is 23.6. The van der Waals surface area contributed by atoms with E-state index in [1.807, 2.05) is 6.07 Å². The number of hydrogen-bond acceptors (Lipinski definition) is 3. The highest BCUT2D eigenvalue weighted by Crippen LogP contribution is 2.14. The molecule has 23 heavy (non-hydrogen) atoms. The zero-order chi connectivity index (χ0) is 17.5. The molecule has 6 heteroatoms. The number of benzene rings is 1. The molecule has 0 aliphatic rings. The first-order chi connectivity index (χ1) is 10.7. The minimum Gasteiger partial charge on any atom is -0.444 e. The van der Waals surface area contributed by atoms with Crippen LogP contribution >= 0.6 is 22.6 Å². The second-order valence-corrected chi connectivity index (χ2v) is 7.04. The highest BCUT2D eigenvalue weighted by Gasteiger charge is 2.15. The molecular weight excluding hydrogens is 407 g/mol. The van der Waals surface area contributed by atoms with Crippen LogP contribution in [-0.2, 0) is 4.74 Å². The number of ether oxygens (including phenoxy) is 1. The van der Waals surface area contributed by atoms with Gasteiger partial charge in [-0.2, -0.15) is 0 Å². The molecule has 0 aliphatic carbocycles. The van der Waals surface area contributed by atoms with Gasteiger partial charge in [-0.05, 0) is 68.0 Å². The van der Waals surface area contributed by atoms with Gasteiger partial charge in [-0.25, -0.2) is 4.79 Å². The van der Waals surface area contributed by atoms with Gasteiger partial charge in [-0.3, -0.25) is 4.79 Å². The zero-order valence-electron chi connectivity index (χ0n) is 13.5. The molecule has 0 spiro atoms. The van der Waals surface area contributed by atoms with Crippen molar-refractivity contribution < 1.29 is 14.3 Å². The van der Waals surface area contributed by atoms with Crippen molar-refractivity contribution >= 4 is 34.6 Å². The topological polar surface area (TPSA) is 67.4 Å². The fourth-order valence-corrected chi connectivity index (χ4v) is 2.26. The average Bonchev–Trinajstić information content (AvgIpc) is 2.45. The van der Waals surface area contributed by atoms with Crippen LogP contribution in [0.2, 0.25) is 0 Å². The van der Waals surface area contributed by atoms with E-state index in [0.29, 0.717) is 30.6 Å². The predicted molar refractivity (Wildman–Crippen MR) is 98.3 cm³/mol. The van der Waals surface area contributed by atoms with E-state index in [4.69, 9.17) is 11.2 Å². The molecule has 0 saturated heterocycles. The van der Waals surface area contributed by atoms with Crippen LogP contribution in [0.5, 0.6) is 0 Å². The standard InChI is InChI=1S/C17H21IN2O3/c1-5-12-7-8-14(18)13(11-12)15(21)19-9-6-10-20-16(22)23-17(2,3)4/h1,7-8,11H,6,9-10H2,2-4H3,(H,19,21)(H,20,22). The molecule has 124 valence electrons. The number of hydrogen-bond donors (Lipinski definition) is 2. The Morgan fingerprint density at radius 1 is 1.26 bits per heavy atom. The van der Waals surface area contributed by atoms with E-state index in [0.717, 1.165) is 3.57 Å². The van der Waals surface area contributed by atoms with Gasteiger partial charge in [0, 0.05) is 22.2 Å². The quantitative estimate of drug-likeness (QED) is 0.431. The Morgan fingerprint density at radius 2 is 1.91 bits per heavy atom. The lowest BCUT2D eigenvalue weighted by molar-refractivity contribution is 0.0527. The van der Waals surface area contributed by atoms with Crippen molar-refractivity contribution in [2.75, 3.05) is 13.1 Å². The van der Waals surface area contributed by atoms with Crippen molar-refractivity contribution in [3.63, 3.8) is 0 Å². The number of alkyl carbamates (subject to hydrolysis) is 1. The summed E-state index contributed by atoms with van der Waals surface area (Å²) < 4.78 is 5.96. The molecule has 0 aromatic heterocycles. The number of terminal acetylenes is 1. The van der Waals surface area contributed by atoms with E-state index in [1.54, 1.807) is 32.9 Å². The van der Waals surface area contributed by atoms with Crippen LogP contribution in [0.25, 0.3) is 0 Å². The highest BCUT2D eigenvalue weighted by molar-refractivity contribution is 14.1. The van der Waals surface area contributed by atoms with Gasteiger partial charge in [-0.15, -0.1) is 6.42 Å². The Hall–Kier alpha value is -1.75. The van der Waals surface area contributed by atoms with Gasteiger partial charge in [0.1, 0.15) is 5.60 Å². The zero-order valence-corrected chi connectivity index (χ0v) is 15.7. The van der Waals surface area contributed by atoms with Crippen molar-refractivity contribution in [3.05, 3.63) is 32.9 Å². The Balaban J connectivity index is 2.35. The van der Waals surface area contributed by atoms with Crippen molar-refractivity contribution in [1.29, 1.82) is 0 Å². The first-order valence-corrected chi connectivity index (χ1v) is 8.32. The third kappa shape index (κ3) is 7.37. The molecule has 1 aromatic rings. The third-order valence-electron chi connectivity index (χ3n) is 2.68. The van der Waals surface area contributed by atoms with E-state index in [2.05, 4.69) is 39.1 Å². The Bertz CT molecular complexity index is 615.